The summed E-state index contributed by atoms with van der Waals surface area (Å²) in [6.07, 6.45) is 2.36. The van der Waals surface area contributed by atoms with Gasteiger partial charge in [0, 0.05) is 25.1 Å². The van der Waals surface area contributed by atoms with E-state index in [1.165, 1.54) is 0 Å². The lowest BCUT2D eigenvalue weighted by molar-refractivity contribution is -0.0504. The fourth-order valence-corrected chi connectivity index (χ4v) is 2.31. The molecule has 0 amide bonds. The molecule has 144 valence electrons. The largest absolute Gasteiger partial charge is 0.469 e. The molecular formula is C18H24F2IN3O2. The Kier molecular flexibility index (Phi) is 10.0. The minimum Gasteiger partial charge on any atom is -0.469 e. The van der Waals surface area contributed by atoms with Gasteiger partial charge in [-0.25, -0.2) is 4.99 Å². The number of alkyl halides is 2. The van der Waals surface area contributed by atoms with Gasteiger partial charge in [0.05, 0.1) is 12.8 Å². The third-order valence-corrected chi connectivity index (χ3v) is 3.43. The highest BCUT2D eigenvalue weighted by atomic mass is 127. The third-order valence-electron chi connectivity index (χ3n) is 3.43. The van der Waals surface area contributed by atoms with Crippen molar-refractivity contribution in [3.05, 3.63) is 53.5 Å². The molecule has 2 rings (SSSR count). The summed E-state index contributed by atoms with van der Waals surface area (Å²) in [6, 6.07) is 8.83. The summed E-state index contributed by atoms with van der Waals surface area (Å²) in [4.78, 5) is 4.45. The highest BCUT2D eigenvalue weighted by molar-refractivity contribution is 14.0. The second-order valence-electron chi connectivity index (χ2n) is 5.44. The van der Waals surface area contributed by atoms with Crippen molar-refractivity contribution in [3.63, 3.8) is 0 Å². The molecule has 0 radical (unpaired) electrons. The molecule has 0 aliphatic heterocycles. The van der Waals surface area contributed by atoms with Crippen LogP contribution in [0.15, 0.2) is 46.0 Å². The molecule has 0 saturated heterocycles. The van der Waals surface area contributed by atoms with Crippen molar-refractivity contribution in [3.8, 4) is 5.75 Å². The van der Waals surface area contributed by atoms with Crippen LogP contribution < -0.4 is 15.4 Å². The summed E-state index contributed by atoms with van der Waals surface area (Å²) in [6.45, 7) is 2.58. The number of ether oxygens (including phenoxy) is 1. The van der Waals surface area contributed by atoms with E-state index in [-0.39, 0.29) is 36.3 Å². The molecule has 0 atom stereocenters. The normalized spacial score (nSPS) is 11.2. The molecule has 0 unspecified atom stereocenters. The first-order valence-electron chi connectivity index (χ1n) is 8.17. The van der Waals surface area contributed by atoms with Crippen LogP contribution in [0.5, 0.6) is 5.75 Å². The van der Waals surface area contributed by atoms with Crippen LogP contribution in [-0.4, -0.2) is 25.7 Å². The summed E-state index contributed by atoms with van der Waals surface area (Å²) in [7, 11) is 0. The van der Waals surface area contributed by atoms with Gasteiger partial charge in [-0.1, -0.05) is 17.7 Å². The Morgan fingerprint density at radius 1 is 1.27 bits per heavy atom. The number of rotatable bonds is 8. The smallest absolute Gasteiger partial charge is 0.387 e. The van der Waals surface area contributed by atoms with E-state index in [9.17, 15) is 8.78 Å². The van der Waals surface area contributed by atoms with E-state index in [0.29, 0.717) is 24.6 Å². The fourth-order valence-electron chi connectivity index (χ4n) is 2.31. The Labute approximate surface area is 169 Å². The Hall–Kier alpha value is -1.84. The predicted molar refractivity (Wildman–Crippen MR) is 108 cm³/mol. The molecule has 1 aromatic heterocycles. The summed E-state index contributed by atoms with van der Waals surface area (Å²) < 4.78 is 34.9. The molecule has 0 spiro atoms. The summed E-state index contributed by atoms with van der Waals surface area (Å²) in [5.74, 6) is 1.64. The molecular weight excluding hydrogens is 455 g/mol. The molecule has 0 saturated carbocycles. The molecule has 26 heavy (non-hydrogen) atoms. The lowest BCUT2D eigenvalue weighted by Crippen LogP contribution is -2.38. The fraction of sp³-hybridized carbons (Fsp3) is 0.389. The first-order chi connectivity index (χ1) is 12.1. The zero-order chi connectivity index (χ0) is 18.1. The molecule has 1 aromatic carbocycles. The number of hydrogen-bond donors (Lipinski definition) is 2. The molecule has 0 fully saturated rings. The van der Waals surface area contributed by atoms with Crippen molar-refractivity contribution in [1.82, 2.24) is 10.6 Å². The zero-order valence-corrected chi connectivity index (χ0v) is 17.1. The first kappa shape index (κ1) is 22.2. The number of furan rings is 1. The number of guanidine groups is 1. The quantitative estimate of drug-likeness (QED) is 0.340. The second kappa shape index (κ2) is 11.7. The van der Waals surface area contributed by atoms with Crippen LogP contribution in [-0.2, 0) is 13.0 Å². The van der Waals surface area contributed by atoms with E-state index < -0.39 is 6.61 Å². The van der Waals surface area contributed by atoms with E-state index in [1.807, 2.05) is 26.0 Å². The molecule has 2 aromatic rings. The number of aryl methyl sites for hydroxylation is 1. The first-order valence-corrected chi connectivity index (χ1v) is 8.17. The molecule has 1 heterocycles. The van der Waals surface area contributed by atoms with Crippen molar-refractivity contribution < 1.29 is 17.9 Å². The Bertz CT molecular complexity index is 679. The number of nitrogens with one attached hydrogen (secondary N) is 2. The van der Waals surface area contributed by atoms with Gasteiger partial charge in [-0.2, -0.15) is 8.78 Å². The maximum Gasteiger partial charge on any atom is 0.387 e. The minimum atomic E-state index is -2.86. The lowest BCUT2D eigenvalue weighted by atomic mass is 10.1. The summed E-state index contributed by atoms with van der Waals surface area (Å²) in [5.41, 5.74) is 1.58. The maximum absolute atomic E-state index is 12.5. The van der Waals surface area contributed by atoms with Gasteiger partial charge in [0.2, 0.25) is 0 Å². The highest BCUT2D eigenvalue weighted by Crippen LogP contribution is 2.22. The van der Waals surface area contributed by atoms with Crippen LogP contribution in [0.25, 0.3) is 0 Å². The van der Waals surface area contributed by atoms with Gasteiger partial charge in [-0.3, -0.25) is 0 Å². The van der Waals surface area contributed by atoms with Crippen LogP contribution in [0.2, 0.25) is 0 Å². The van der Waals surface area contributed by atoms with E-state index in [2.05, 4.69) is 20.4 Å². The van der Waals surface area contributed by atoms with Crippen LogP contribution in [0.1, 0.15) is 23.8 Å². The topological polar surface area (TPSA) is 58.8 Å². The Balaban J connectivity index is 0.00000338. The number of aliphatic imine (C=N–C) groups is 1. The van der Waals surface area contributed by atoms with E-state index in [4.69, 9.17) is 4.42 Å². The van der Waals surface area contributed by atoms with Gasteiger partial charge in [-0.05, 0) is 32.0 Å². The van der Waals surface area contributed by atoms with Crippen molar-refractivity contribution >= 4 is 29.9 Å². The van der Waals surface area contributed by atoms with Gasteiger partial charge in [-0.15, -0.1) is 24.0 Å². The average molecular weight is 479 g/mol. The monoisotopic (exact) mass is 479 g/mol. The van der Waals surface area contributed by atoms with Crippen molar-refractivity contribution in [2.24, 2.45) is 4.99 Å². The minimum absolute atomic E-state index is 0. The summed E-state index contributed by atoms with van der Waals surface area (Å²) in [5, 5.41) is 6.32. The molecule has 0 bridgehead atoms. The van der Waals surface area contributed by atoms with Gasteiger partial charge in [0.1, 0.15) is 11.5 Å². The zero-order valence-electron chi connectivity index (χ0n) is 14.8. The maximum atomic E-state index is 12.5. The number of benzene rings is 1. The molecule has 0 aliphatic carbocycles. The SMILES string of the molecule is CCNC(=NCc1cc(C)ccc1OC(F)F)NCCc1ccco1.I. The van der Waals surface area contributed by atoms with Crippen LogP contribution in [0, 0.1) is 6.92 Å². The van der Waals surface area contributed by atoms with Crippen LogP contribution in [0.3, 0.4) is 0 Å². The second-order valence-corrected chi connectivity index (χ2v) is 5.44. The highest BCUT2D eigenvalue weighted by Gasteiger charge is 2.10. The van der Waals surface area contributed by atoms with E-state index in [0.717, 1.165) is 17.7 Å². The summed E-state index contributed by atoms with van der Waals surface area (Å²) >= 11 is 0. The van der Waals surface area contributed by atoms with Crippen molar-refractivity contribution in [2.75, 3.05) is 13.1 Å². The number of halogens is 3. The molecule has 8 heteroatoms. The third kappa shape index (κ3) is 7.59. The molecule has 5 nitrogen and oxygen atoms in total. The van der Waals surface area contributed by atoms with E-state index in [1.54, 1.807) is 24.5 Å². The molecule has 2 N–H and O–H groups in total. The number of nitrogens with zero attached hydrogens (tertiary/aromatic N) is 1. The Morgan fingerprint density at radius 2 is 2.08 bits per heavy atom. The van der Waals surface area contributed by atoms with Crippen LogP contribution >= 0.6 is 24.0 Å². The predicted octanol–water partition coefficient (Wildman–Crippen LogP) is 4.11. The van der Waals surface area contributed by atoms with Crippen molar-refractivity contribution in [1.29, 1.82) is 0 Å². The molecule has 0 aliphatic rings. The van der Waals surface area contributed by atoms with Gasteiger partial charge < -0.3 is 19.8 Å². The number of hydrogen-bond acceptors (Lipinski definition) is 3. The van der Waals surface area contributed by atoms with Gasteiger partial charge in [0.25, 0.3) is 0 Å². The lowest BCUT2D eigenvalue weighted by Gasteiger charge is -2.13. The van der Waals surface area contributed by atoms with Crippen LogP contribution in [0.4, 0.5) is 8.78 Å². The van der Waals surface area contributed by atoms with Gasteiger partial charge in [0.15, 0.2) is 5.96 Å². The van der Waals surface area contributed by atoms with Gasteiger partial charge >= 0.3 is 6.61 Å². The standard InChI is InChI=1S/C18H23F2N3O2.HI/c1-3-21-18(22-9-8-15-5-4-10-24-15)23-12-14-11-13(2)6-7-16(14)25-17(19)20;/h4-7,10-11,17H,3,8-9,12H2,1-2H3,(H2,21,22,23);1H. The average Bonchev–Trinajstić information content (AvgIpc) is 3.08. The van der Waals surface area contributed by atoms with Crippen molar-refractivity contribution in [2.45, 2.75) is 33.4 Å². The Morgan fingerprint density at radius 3 is 2.73 bits per heavy atom. The van der Waals surface area contributed by atoms with E-state index >= 15 is 0 Å².